The summed E-state index contributed by atoms with van der Waals surface area (Å²) in [4.78, 5) is 10.3. The number of methoxy groups -OCH3 is 1. The predicted molar refractivity (Wildman–Crippen MR) is 121 cm³/mol. The minimum absolute atomic E-state index is 0.0322. The summed E-state index contributed by atoms with van der Waals surface area (Å²) in [6, 6.07) is 16.7. The Balaban J connectivity index is 1.86. The van der Waals surface area contributed by atoms with E-state index in [1.54, 1.807) is 12.1 Å². The van der Waals surface area contributed by atoms with Crippen molar-refractivity contribution in [2.24, 2.45) is 20.5 Å². The van der Waals surface area contributed by atoms with E-state index in [2.05, 4.69) is 34.3 Å². The number of nitrogens with zero attached hydrogens (tertiary/aromatic N) is 5. The molecular weight excluding hydrogens is 410 g/mol. The first-order valence-electron chi connectivity index (χ1n) is 9.91. The summed E-state index contributed by atoms with van der Waals surface area (Å²) >= 11 is 0. The highest BCUT2D eigenvalue weighted by atomic mass is 16.6. The molecule has 9 nitrogen and oxygen atoms in total. The first-order chi connectivity index (χ1) is 15.4. The van der Waals surface area contributed by atoms with Gasteiger partial charge in [-0.25, -0.2) is 0 Å². The number of benzene rings is 3. The molecule has 0 unspecified atom stereocenters. The smallest absolute Gasteiger partial charge is 0.269 e. The average Bonchev–Trinajstić information content (AvgIpc) is 2.81. The van der Waals surface area contributed by atoms with Gasteiger partial charge in [-0.3, -0.25) is 10.1 Å². The molecule has 32 heavy (non-hydrogen) atoms. The molecule has 0 aromatic heterocycles. The number of nitro groups is 1. The molecule has 0 aliphatic heterocycles. The Hall–Kier alpha value is -3.98. The molecule has 1 N–H and O–H groups in total. The zero-order valence-corrected chi connectivity index (χ0v) is 18.0. The van der Waals surface area contributed by atoms with Crippen LogP contribution in [0.2, 0.25) is 0 Å². The van der Waals surface area contributed by atoms with E-state index < -0.39 is 4.92 Å². The molecule has 0 amide bonds. The van der Waals surface area contributed by atoms with Crippen LogP contribution in [0.5, 0.6) is 5.75 Å². The predicted octanol–water partition coefficient (Wildman–Crippen LogP) is 7.05. The quantitative estimate of drug-likeness (QED) is 0.232. The molecule has 0 bridgehead atoms. The van der Waals surface area contributed by atoms with Crippen LogP contribution in [0.25, 0.3) is 0 Å². The Bertz CT molecular complexity index is 1140. The lowest BCUT2D eigenvalue weighted by Gasteiger charge is -2.08. The minimum Gasteiger partial charge on any atom is -0.494 e. The zero-order valence-electron chi connectivity index (χ0n) is 18.0. The molecule has 0 spiro atoms. The van der Waals surface area contributed by atoms with Gasteiger partial charge in [-0.15, -0.1) is 5.11 Å². The summed E-state index contributed by atoms with van der Waals surface area (Å²) in [5.74, 6) is 0.850. The van der Waals surface area contributed by atoms with E-state index in [0.717, 1.165) is 0 Å². The average molecular weight is 433 g/mol. The third-order valence-electron chi connectivity index (χ3n) is 4.72. The van der Waals surface area contributed by atoms with Gasteiger partial charge < -0.3 is 9.84 Å². The van der Waals surface area contributed by atoms with Crippen LogP contribution >= 0.6 is 0 Å². The van der Waals surface area contributed by atoms with Crippen LogP contribution in [-0.2, 0) is 6.61 Å². The first-order valence-corrected chi connectivity index (χ1v) is 9.91. The van der Waals surface area contributed by atoms with E-state index in [1.807, 2.05) is 24.3 Å². The summed E-state index contributed by atoms with van der Waals surface area (Å²) in [5, 5.41) is 37.3. The van der Waals surface area contributed by atoms with Crippen molar-refractivity contribution >= 4 is 28.4 Å². The summed E-state index contributed by atoms with van der Waals surface area (Å²) < 4.78 is 5.41. The van der Waals surface area contributed by atoms with E-state index in [4.69, 9.17) is 4.74 Å². The number of hydrogen-bond acceptors (Lipinski definition) is 8. The van der Waals surface area contributed by atoms with Crippen molar-refractivity contribution in [3.05, 3.63) is 81.9 Å². The van der Waals surface area contributed by atoms with Gasteiger partial charge in [0.1, 0.15) is 11.4 Å². The number of azo groups is 2. The summed E-state index contributed by atoms with van der Waals surface area (Å²) in [6.07, 6.45) is 0. The molecule has 3 aromatic rings. The largest absolute Gasteiger partial charge is 0.494 e. The molecule has 0 aliphatic carbocycles. The monoisotopic (exact) mass is 433 g/mol. The van der Waals surface area contributed by atoms with Crippen molar-refractivity contribution in [3.63, 3.8) is 0 Å². The molecule has 0 atom stereocenters. The van der Waals surface area contributed by atoms with Crippen molar-refractivity contribution in [1.82, 2.24) is 0 Å². The van der Waals surface area contributed by atoms with Crippen LogP contribution < -0.4 is 4.74 Å². The summed E-state index contributed by atoms with van der Waals surface area (Å²) in [5.41, 5.74) is 3.64. The standard InChI is InChI=1S/C23H23N5O4/c1-15(2)16-4-6-18(7-5-16)25-27-22-12-17(14-29)21(13-23(22)32-3)26-24-19-8-10-20(11-9-19)28(30)31/h4-13,15,29H,14H2,1-3H3. The Morgan fingerprint density at radius 2 is 1.47 bits per heavy atom. The first kappa shape index (κ1) is 22.7. The Kier molecular flexibility index (Phi) is 7.35. The fourth-order valence-electron chi connectivity index (χ4n) is 2.85. The second-order valence-electron chi connectivity index (χ2n) is 7.23. The number of non-ortho nitro benzene ring substituents is 1. The van der Waals surface area contributed by atoms with Crippen LogP contribution in [-0.4, -0.2) is 17.1 Å². The van der Waals surface area contributed by atoms with Crippen molar-refractivity contribution in [1.29, 1.82) is 0 Å². The maximum Gasteiger partial charge on any atom is 0.269 e. The summed E-state index contributed by atoms with van der Waals surface area (Å²) in [6.45, 7) is 3.96. The lowest BCUT2D eigenvalue weighted by Crippen LogP contribution is -1.89. The molecule has 0 saturated heterocycles. The van der Waals surface area contributed by atoms with Crippen molar-refractivity contribution < 1.29 is 14.8 Å². The van der Waals surface area contributed by atoms with Gasteiger partial charge in [0.2, 0.25) is 0 Å². The maximum absolute atomic E-state index is 10.8. The van der Waals surface area contributed by atoms with Crippen molar-refractivity contribution in [3.8, 4) is 5.75 Å². The summed E-state index contributed by atoms with van der Waals surface area (Å²) in [7, 11) is 1.50. The molecule has 0 fully saturated rings. The van der Waals surface area contributed by atoms with Gasteiger partial charge >= 0.3 is 0 Å². The lowest BCUT2D eigenvalue weighted by molar-refractivity contribution is -0.384. The fourth-order valence-corrected chi connectivity index (χ4v) is 2.85. The molecule has 0 saturated carbocycles. The maximum atomic E-state index is 10.8. The molecule has 0 aliphatic rings. The van der Waals surface area contributed by atoms with Gasteiger partial charge in [0.15, 0.2) is 0 Å². The molecule has 0 heterocycles. The van der Waals surface area contributed by atoms with E-state index in [9.17, 15) is 15.2 Å². The second kappa shape index (κ2) is 10.4. The molecule has 9 heteroatoms. The lowest BCUT2D eigenvalue weighted by atomic mass is 10.0. The Labute approximate surface area is 185 Å². The molecule has 0 radical (unpaired) electrons. The van der Waals surface area contributed by atoms with Gasteiger partial charge in [-0.05, 0) is 41.8 Å². The van der Waals surface area contributed by atoms with Gasteiger partial charge in [0, 0.05) is 23.8 Å². The SMILES string of the molecule is COc1cc(N=Nc2ccc([N+](=O)[O-])cc2)c(CO)cc1N=Nc1ccc(C(C)C)cc1. The van der Waals surface area contributed by atoms with Crippen LogP contribution in [0.1, 0.15) is 30.9 Å². The molecular formula is C23H23N5O4. The topological polar surface area (TPSA) is 122 Å². The van der Waals surface area contributed by atoms with E-state index in [1.165, 1.54) is 36.9 Å². The Morgan fingerprint density at radius 3 is 1.97 bits per heavy atom. The highest BCUT2D eigenvalue weighted by Gasteiger charge is 2.11. The third kappa shape index (κ3) is 5.58. The van der Waals surface area contributed by atoms with E-state index in [-0.39, 0.29) is 12.3 Å². The number of aliphatic hydroxyl groups is 1. The normalized spacial score (nSPS) is 11.5. The van der Waals surface area contributed by atoms with Crippen molar-refractivity contribution in [2.75, 3.05) is 7.11 Å². The highest BCUT2D eigenvalue weighted by molar-refractivity contribution is 5.63. The fraction of sp³-hybridized carbons (Fsp3) is 0.217. The Morgan fingerprint density at radius 1 is 0.906 bits per heavy atom. The molecule has 3 rings (SSSR count). The number of nitro benzene ring substituents is 1. The third-order valence-corrected chi connectivity index (χ3v) is 4.72. The van der Waals surface area contributed by atoms with E-state index >= 15 is 0 Å². The van der Waals surface area contributed by atoms with Crippen molar-refractivity contribution in [2.45, 2.75) is 26.4 Å². The number of aliphatic hydroxyl groups excluding tert-OH is 1. The van der Waals surface area contributed by atoms with Gasteiger partial charge in [0.05, 0.1) is 35.7 Å². The van der Waals surface area contributed by atoms with Crippen LogP contribution in [0.4, 0.5) is 28.4 Å². The van der Waals surface area contributed by atoms with Crippen LogP contribution in [0, 0.1) is 10.1 Å². The molecule has 3 aromatic carbocycles. The number of ether oxygens (including phenoxy) is 1. The number of rotatable bonds is 8. The van der Waals surface area contributed by atoms with Gasteiger partial charge in [0.25, 0.3) is 5.69 Å². The highest BCUT2D eigenvalue weighted by Crippen LogP contribution is 2.37. The van der Waals surface area contributed by atoms with Crippen LogP contribution in [0.3, 0.4) is 0 Å². The minimum atomic E-state index is -0.485. The number of hydrogen-bond donors (Lipinski definition) is 1. The molecule has 164 valence electrons. The van der Waals surface area contributed by atoms with Crippen LogP contribution in [0.15, 0.2) is 81.1 Å². The second-order valence-corrected chi connectivity index (χ2v) is 7.23. The zero-order chi connectivity index (χ0) is 23.1. The van der Waals surface area contributed by atoms with E-state index in [0.29, 0.717) is 40.0 Å². The van der Waals surface area contributed by atoms with Gasteiger partial charge in [-0.2, -0.15) is 15.3 Å². The van der Waals surface area contributed by atoms with Gasteiger partial charge in [-0.1, -0.05) is 26.0 Å².